The highest BCUT2D eigenvalue weighted by atomic mass is 35.5. The molecule has 1 fully saturated rings. The minimum atomic E-state index is -0.410. The molecule has 0 bridgehead atoms. The summed E-state index contributed by atoms with van der Waals surface area (Å²) in [5.74, 6) is -0.240. The first kappa shape index (κ1) is 22.3. The number of hydrogen-bond donors (Lipinski definition) is 1. The fourth-order valence-electron chi connectivity index (χ4n) is 4.29. The van der Waals surface area contributed by atoms with Gasteiger partial charge in [0.2, 0.25) is 5.91 Å². The number of carbonyl (C=O) groups is 1. The van der Waals surface area contributed by atoms with Gasteiger partial charge in [0.1, 0.15) is 17.2 Å². The standard InChI is InChI=1S/C25H22ClF2N5O/c26-21-12-20(28)8-5-17(21)14-30-25(34)18-2-1-10-32(15-18)24-23-13-22(31-33(23)11-9-29-24)16-3-6-19(27)7-4-16/h3-9,11-13,18H,1-2,10,14-15H2,(H,30,34)/t18-/m1/s1. The third-order valence-electron chi connectivity index (χ3n) is 6.07. The Morgan fingerprint density at radius 2 is 1.91 bits per heavy atom. The number of anilines is 1. The van der Waals surface area contributed by atoms with Gasteiger partial charge in [-0.2, -0.15) is 5.10 Å². The van der Waals surface area contributed by atoms with Gasteiger partial charge in [0.15, 0.2) is 5.82 Å². The van der Waals surface area contributed by atoms with Crippen LogP contribution in [-0.2, 0) is 11.3 Å². The number of hydrogen-bond acceptors (Lipinski definition) is 4. The summed E-state index contributed by atoms with van der Waals surface area (Å²) in [5, 5.41) is 7.83. The highest BCUT2D eigenvalue weighted by molar-refractivity contribution is 6.31. The SMILES string of the molecule is O=C(NCc1ccc(F)cc1Cl)[C@@H]1CCCN(c2nccn3nc(-c4ccc(F)cc4)cc23)C1. The van der Waals surface area contributed by atoms with Crippen LogP contribution in [0.15, 0.2) is 60.9 Å². The number of benzene rings is 2. The predicted molar refractivity (Wildman–Crippen MR) is 127 cm³/mol. The molecule has 1 aliphatic heterocycles. The molecule has 2 aromatic heterocycles. The summed E-state index contributed by atoms with van der Waals surface area (Å²) >= 11 is 6.08. The first-order valence-corrected chi connectivity index (χ1v) is 11.4. The van der Waals surface area contributed by atoms with Crippen molar-refractivity contribution in [3.8, 4) is 11.3 Å². The summed E-state index contributed by atoms with van der Waals surface area (Å²) < 4.78 is 28.3. The van der Waals surface area contributed by atoms with Gasteiger partial charge in [0.05, 0.1) is 11.6 Å². The van der Waals surface area contributed by atoms with Crippen molar-refractivity contribution in [2.45, 2.75) is 19.4 Å². The third kappa shape index (κ3) is 4.59. The Balaban J connectivity index is 1.32. The van der Waals surface area contributed by atoms with Crippen LogP contribution in [0, 0.1) is 17.6 Å². The van der Waals surface area contributed by atoms with E-state index < -0.39 is 5.82 Å². The summed E-state index contributed by atoms with van der Waals surface area (Å²) in [6, 6.07) is 12.3. The van der Waals surface area contributed by atoms with E-state index in [-0.39, 0.29) is 24.2 Å². The monoisotopic (exact) mass is 481 g/mol. The van der Waals surface area contributed by atoms with E-state index in [2.05, 4.69) is 20.3 Å². The molecule has 0 radical (unpaired) electrons. The minimum absolute atomic E-state index is 0.0717. The smallest absolute Gasteiger partial charge is 0.225 e. The van der Waals surface area contributed by atoms with Crippen LogP contribution in [-0.4, -0.2) is 33.6 Å². The molecule has 0 aliphatic carbocycles. The first-order valence-electron chi connectivity index (χ1n) is 11.0. The van der Waals surface area contributed by atoms with Crippen LogP contribution < -0.4 is 10.2 Å². The van der Waals surface area contributed by atoms with Crippen molar-refractivity contribution in [2.24, 2.45) is 5.92 Å². The van der Waals surface area contributed by atoms with Crippen LogP contribution in [0.3, 0.4) is 0 Å². The van der Waals surface area contributed by atoms with E-state index in [1.807, 2.05) is 6.07 Å². The van der Waals surface area contributed by atoms with E-state index in [4.69, 9.17) is 11.6 Å². The molecule has 1 N–H and O–H groups in total. The summed E-state index contributed by atoms with van der Waals surface area (Å²) in [4.78, 5) is 19.6. The van der Waals surface area contributed by atoms with Gasteiger partial charge in [-0.05, 0) is 60.9 Å². The van der Waals surface area contributed by atoms with Crippen LogP contribution in [0.25, 0.3) is 16.8 Å². The van der Waals surface area contributed by atoms with Gasteiger partial charge in [-0.25, -0.2) is 18.3 Å². The van der Waals surface area contributed by atoms with Crippen molar-refractivity contribution < 1.29 is 13.6 Å². The molecule has 1 amide bonds. The lowest BCUT2D eigenvalue weighted by molar-refractivity contribution is -0.125. The Morgan fingerprint density at radius 3 is 2.71 bits per heavy atom. The van der Waals surface area contributed by atoms with E-state index in [1.54, 1.807) is 35.1 Å². The van der Waals surface area contributed by atoms with Crippen molar-refractivity contribution >= 4 is 28.8 Å². The van der Waals surface area contributed by atoms with Gasteiger partial charge in [-0.1, -0.05) is 17.7 Å². The van der Waals surface area contributed by atoms with Crippen LogP contribution in [0.5, 0.6) is 0 Å². The molecule has 3 heterocycles. The maximum absolute atomic E-state index is 13.3. The number of nitrogens with one attached hydrogen (secondary N) is 1. The molecule has 1 aliphatic rings. The molecule has 174 valence electrons. The quantitative estimate of drug-likeness (QED) is 0.442. The fourth-order valence-corrected chi connectivity index (χ4v) is 4.52. The van der Waals surface area contributed by atoms with E-state index >= 15 is 0 Å². The van der Waals surface area contributed by atoms with Crippen LogP contribution in [0.1, 0.15) is 18.4 Å². The number of nitrogens with zero attached hydrogens (tertiary/aromatic N) is 4. The molecular formula is C25H22ClF2N5O. The summed E-state index contributed by atoms with van der Waals surface area (Å²) in [5.41, 5.74) is 3.02. The van der Waals surface area contributed by atoms with Gasteiger partial charge in [0, 0.05) is 42.6 Å². The average molecular weight is 482 g/mol. The van der Waals surface area contributed by atoms with Crippen molar-refractivity contribution in [2.75, 3.05) is 18.0 Å². The largest absolute Gasteiger partial charge is 0.354 e. The zero-order chi connectivity index (χ0) is 23.7. The fraction of sp³-hybridized carbons (Fsp3) is 0.240. The summed E-state index contributed by atoms with van der Waals surface area (Å²) in [7, 11) is 0. The van der Waals surface area contributed by atoms with Crippen molar-refractivity contribution in [1.82, 2.24) is 19.9 Å². The topological polar surface area (TPSA) is 62.5 Å². The number of aromatic nitrogens is 3. The molecule has 0 spiro atoms. The Labute approximate surface area is 200 Å². The number of carbonyl (C=O) groups excluding carboxylic acids is 1. The first-order chi connectivity index (χ1) is 16.5. The maximum Gasteiger partial charge on any atom is 0.225 e. The Hall–Kier alpha value is -3.52. The third-order valence-corrected chi connectivity index (χ3v) is 6.42. The van der Waals surface area contributed by atoms with Gasteiger partial charge < -0.3 is 10.2 Å². The second-order valence-corrected chi connectivity index (χ2v) is 8.76. The highest BCUT2D eigenvalue weighted by Gasteiger charge is 2.28. The second kappa shape index (κ2) is 9.38. The van der Waals surface area contributed by atoms with Crippen LogP contribution in [0.4, 0.5) is 14.6 Å². The highest BCUT2D eigenvalue weighted by Crippen LogP contribution is 2.28. The lowest BCUT2D eigenvalue weighted by Gasteiger charge is -2.33. The van der Waals surface area contributed by atoms with Crippen LogP contribution >= 0.6 is 11.6 Å². The molecule has 4 aromatic rings. The number of halogens is 3. The number of fused-ring (bicyclic) bond motifs is 1. The summed E-state index contributed by atoms with van der Waals surface area (Å²) in [6.45, 7) is 1.54. The average Bonchev–Trinajstić information content (AvgIpc) is 3.28. The zero-order valence-corrected chi connectivity index (χ0v) is 19.0. The van der Waals surface area contributed by atoms with Gasteiger partial charge >= 0.3 is 0 Å². The van der Waals surface area contributed by atoms with Crippen molar-refractivity contribution in [1.29, 1.82) is 0 Å². The molecule has 0 saturated carbocycles. The zero-order valence-electron chi connectivity index (χ0n) is 18.2. The number of amides is 1. The second-order valence-electron chi connectivity index (χ2n) is 8.36. The molecule has 9 heteroatoms. The molecule has 6 nitrogen and oxygen atoms in total. The molecule has 34 heavy (non-hydrogen) atoms. The van der Waals surface area contributed by atoms with E-state index in [9.17, 15) is 13.6 Å². The molecule has 0 unspecified atom stereocenters. The van der Waals surface area contributed by atoms with Crippen molar-refractivity contribution in [3.63, 3.8) is 0 Å². The van der Waals surface area contributed by atoms with Crippen molar-refractivity contribution in [3.05, 3.63) is 83.1 Å². The minimum Gasteiger partial charge on any atom is -0.354 e. The lowest BCUT2D eigenvalue weighted by Crippen LogP contribution is -2.43. The summed E-state index contributed by atoms with van der Waals surface area (Å²) in [6.07, 6.45) is 5.07. The molecule has 1 atom stereocenters. The Morgan fingerprint density at radius 1 is 1.12 bits per heavy atom. The molecule has 2 aromatic carbocycles. The molecular weight excluding hydrogens is 460 g/mol. The van der Waals surface area contributed by atoms with Gasteiger partial charge in [-0.15, -0.1) is 0 Å². The normalized spacial score (nSPS) is 16.1. The van der Waals surface area contributed by atoms with Crippen LogP contribution in [0.2, 0.25) is 5.02 Å². The lowest BCUT2D eigenvalue weighted by atomic mass is 9.97. The van der Waals surface area contributed by atoms with Gasteiger partial charge in [-0.3, -0.25) is 4.79 Å². The number of rotatable bonds is 5. The number of piperidine rings is 1. The van der Waals surface area contributed by atoms with E-state index in [0.717, 1.165) is 42.0 Å². The Bertz CT molecular complexity index is 1340. The molecule has 5 rings (SSSR count). The molecule has 1 saturated heterocycles. The maximum atomic E-state index is 13.3. The van der Waals surface area contributed by atoms with E-state index in [1.165, 1.54) is 24.3 Å². The van der Waals surface area contributed by atoms with E-state index in [0.29, 0.717) is 17.1 Å². The predicted octanol–water partition coefficient (Wildman–Crippen LogP) is 4.86. The van der Waals surface area contributed by atoms with Gasteiger partial charge in [0.25, 0.3) is 0 Å². The Kier molecular flexibility index (Phi) is 6.15.